The zero-order chi connectivity index (χ0) is 14.6. The molecule has 0 aliphatic heterocycles. The lowest BCUT2D eigenvalue weighted by Crippen LogP contribution is -2.06. The zero-order valence-corrected chi connectivity index (χ0v) is 11.2. The number of carboxylic acid groups (broad SMARTS) is 1. The molecule has 0 aliphatic carbocycles. The Labute approximate surface area is 110 Å². The molecule has 0 bridgehead atoms. The Balaban J connectivity index is 3.18. The van der Waals surface area contributed by atoms with Crippen molar-refractivity contribution >= 4 is 11.7 Å². The van der Waals surface area contributed by atoms with Crippen LogP contribution in [-0.2, 0) is 24.2 Å². The number of nitrogens with zero attached hydrogens (tertiary/aromatic N) is 3. The Morgan fingerprint density at radius 2 is 2.11 bits per heavy atom. The number of allylic oxidation sites excluding steroid dienone is 1. The van der Waals surface area contributed by atoms with Gasteiger partial charge in [0.15, 0.2) is 0 Å². The van der Waals surface area contributed by atoms with Gasteiger partial charge in [0.25, 0.3) is 0 Å². The van der Waals surface area contributed by atoms with Crippen molar-refractivity contribution in [3.05, 3.63) is 33.2 Å². The highest BCUT2D eigenvalue weighted by molar-refractivity contribution is 5.85. The predicted molar refractivity (Wildman–Crippen MR) is 69.0 cm³/mol. The molecule has 0 fully saturated rings. The van der Waals surface area contributed by atoms with Gasteiger partial charge in [-0.15, -0.1) is 0 Å². The van der Waals surface area contributed by atoms with E-state index in [0.29, 0.717) is 24.2 Å². The highest BCUT2D eigenvalue weighted by Crippen LogP contribution is 2.24. The molecule has 19 heavy (non-hydrogen) atoms. The fourth-order valence-electron chi connectivity index (χ4n) is 1.80. The van der Waals surface area contributed by atoms with Gasteiger partial charge in [-0.1, -0.05) is 19.9 Å². The van der Waals surface area contributed by atoms with Gasteiger partial charge in [0, 0.05) is 5.57 Å². The molecule has 7 nitrogen and oxygen atoms in total. The Bertz CT molecular complexity index is 531. The van der Waals surface area contributed by atoms with E-state index in [1.54, 1.807) is 6.92 Å². The van der Waals surface area contributed by atoms with Crippen LogP contribution in [0.5, 0.6) is 0 Å². The van der Waals surface area contributed by atoms with Gasteiger partial charge in [-0.3, -0.25) is 14.8 Å². The van der Waals surface area contributed by atoms with E-state index in [0.717, 1.165) is 0 Å². The van der Waals surface area contributed by atoms with Gasteiger partial charge in [0.05, 0.1) is 11.5 Å². The van der Waals surface area contributed by atoms with Crippen LogP contribution >= 0.6 is 0 Å². The van der Waals surface area contributed by atoms with Crippen molar-refractivity contribution in [2.24, 2.45) is 0 Å². The molecule has 1 rings (SSSR count). The quantitative estimate of drug-likeness (QED) is 0.482. The molecular weight excluding hydrogens is 250 g/mol. The Kier molecular flexibility index (Phi) is 4.80. The maximum absolute atomic E-state index is 11.1. The summed E-state index contributed by atoms with van der Waals surface area (Å²) < 4.78 is 1.50. The monoisotopic (exact) mass is 267 g/mol. The van der Waals surface area contributed by atoms with E-state index in [9.17, 15) is 14.9 Å². The van der Waals surface area contributed by atoms with Crippen LogP contribution in [0.4, 0.5) is 5.69 Å². The summed E-state index contributed by atoms with van der Waals surface area (Å²) in [5.74, 6) is -1.00. The second-order valence-electron chi connectivity index (χ2n) is 4.08. The van der Waals surface area contributed by atoms with Gasteiger partial charge in [-0.05, 0) is 19.8 Å². The zero-order valence-electron chi connectivity index (χ0n) is 11.2. The smallest absolute Gasteiger partial charge is 0.331 e. The second kappa shape index (κ2) is 6.12. The molecule has 1 heterocycles. The number of nitro groups is 1. The van der Waals surface area contributed by atoms with E-state index in [4.69, 9.17) is 5.11 Å². The van der Waals surface area contributed by atoms with Crippen molar-refractivity contribution in [3.63, 3.8) is 0 Å². The van der Waals surface area contributed by atoms with Crippen molar-refractivity contribution in [2.75, 3.05) is 0 Å². The molecule has 0 spiro atoms. The molecule has 0 amide bonds. The van der Waals surface area contributed by atoms with Gasteiger partial charge < -0.3 is 5.11 Å². The minimum absolute atomic E-state index is 0.0476. The minimum Gasteiger partial charge on any atom is -0.478 e. The first-order valence-electron chi connectivity index (χ1n) is 6.05. The fraction of sp³-hybridized carbons (Fsp3) is 0.500. The van der Waals surface area contributed by atoms with E-state index >= 15 is 0 Å². The van der Waals surface area contributed by atoms with Gasteiger partial charge in [0.1, 0.15) is 11.4 Å². The number of hydrogen-bond donors (Lipinski definition) is 1. The molecule has 104 valence electrons. The molecule has 0 saturated heterocycles. The molecular formula is C12H17N3O4. The van der Waals surface area contributed by atoms with Crippen molar-refractivity contribution in [1.29, 1.82) is 0 Å². The summed E-state index contributed by atoms with van der Waals surface area (Å²) in [4.78, 5) is 21.3. The van der Waals surface area contributed by atoms with Crippen LogP contribution in [0.15, 0.2) is 11.6 Å². The van der Waals surface area contributed by atoms with Crippen molar-refractivity contribution < 1.29 is 14.8 Å². The standard InChI is InChI=1S/C12H17N3O4/c1-4-9-11(15(18)19)10(5-2)14(13-9)7-6-8(3)12(16)17/h6H,4-5,7H2,1-3H3,(H,16,17)/b8-6-. The lowest BCUT2D eigenvalue weighted by molar-refractivity contribution is -0.386. The first-order chi connectivity index (χ1) is 8.92. The molecule has 0 atom stereocenters. The van der Waals surface area contributed by atoms with Crippen LogP contribution in [0.3, 0.4) is 0 Å². The lowest BCUT2D eigenvalue weighted by atomic mass is 10.2. The van der Waals surface area contributed by atoms with Gasteiger partial charge in [-0.25, -0.2) is 4.79 Å². The summed E-state index contributed by atoms with van der Waals surface area (Å²) in [6.45, 7) is 5.32. The van der Waals surface area contributed by atoms with Crippen molar-refractivity contribution in [2.45, 2.75) is 40.2 Å². The SMILES string of the molecule is CCc1nn(C/C=C(/C)C(=O)O)c(CC)c1[N+](=O)[O-]. The van der Waals surface area contributed by atoms with Crippen LogP contribution in [0.2, 0.25) is 0 Å². The van der Waals surface area contributed by atoms with E-state index in [1.807, 2.05) is 6.92 Å². The van der Waals surface area contributed by atoms with E-state index in [1.165, 1.54) is 17.7 Å². The first kappa shape index (κ1) is 14.9. The molecule has 1 N–H and O–H groups in total. The maximum atomic E-state index is 11.1. The molecule has 0 saturated carbocycles. The summed E-state index contributed by atoms with van der Waals surface area (Å²) in [5, 5.41) is 24.0. The molecule has 1 aromatic heterocycles. The second-order valence-corrected chi connectivity index (χ2v) is 4.08. The predicted octanol–water partition coefficient (Wildman–Crippen LogP) is 1.95. The summed E-state index contributed by atoms with van der Waals surface area (Å²) in [6.07, 6.45) is 2.44. The van der Waals surface area contributed by atoms with Gasteiger partial charge in [0.2, 0.25) is 0 Å². The lowest BCUT2D eigenvalue weighted by Gasteiger charge is -2.01. The third kappa shape index (κ3) is 3.18. The van der Waals surface area contributed by atoms with Crippen molar-refractivity contribution in [1.82, 2.24) is 9.78 Å². The number of rotatable bonds is 6. The Morgan fingerprint density at radius 3 is 2.53 bits per heavy atom. The third-order valence-electron chi connectivity index (χ3n) is 2.86. The average molecular weight is 267 g/mol. The van der Waals surface area contributed by atoms with E-state index in [2.05, 4.69) is 5.10 Å². The largest absolute Gasteiger partial charge is 0.478 e. The van der Waals surface area contributed by atoms with Crippen LogP contribution in [0.1, 0.15) is 32.2 Å². The topological polar surface area (TPSA) is 98.3 Å². The third-order valence-corrected chi connectivity index (χ3v) is 2.86. The molecule has 7 heteroatoms. The molecule has 1 aromatic rings. The number of aromatic nitrogens is 2. The summed E-state index contributed by atoms with van der Waals surface area (Å²) in [7, 11) is 0. The van der Waals surface area contributed by atoms with Gasteiger partial charge in [-0.2, -0.15) is 5.10 Å². The van der Waals surface area contributed by atoms with Gasteiger partial charge >= 0.3 is 11.7 Å². The van der Waals surface area contributed by atoms with Crippen LogP contribution in [0.25, 0.3) is 0 Å². The van der Waals surface area contributed by atoms with E-state index < -0.39 is 10.9 Å². The van der Waals surface area contributed by atoms with E-state index in [-0.39, 0.29) is 17.8 Å². The van der Waals surface area contributed by atoms with Crippen LogP contribution in [-0.4, -0.2) is 25.8 Å². The normalized spacial score (nSPS) is 11.6. The first-order valence-corrected chi connectivity index (χ1v) is 6.05. The number of hydrogen-bond acceptors (Lipinski definition) is 4. The highest BCUT2D eigenvalue weighted by Gasteiger charge is 2.24. The molecule has 0 unspecified atom stereocenters. The summed E-state index contributed by atoms with van der Waals surface area (Å²) in [6, 6.07) is 0. The van der Waals surface area contributed by atoms with Crippen LogP contribution in [0, 0.1) is 10.1 Å². The number of carbonyl (C=O) groups is 1. The minimum atomic E-state index is -1.00. The molecule has 0 radical (unpaired) electrons. The maximum Gasteiger partial charge on any atom is 0.331 e. The fourth-order valence-corrected chi connectivity index (χ4v) is 1.80. The number of aliphatic carboxylic acids is 1. The Hall–Kier alpha value is -2.18. The highest BCUT2D eigenvalue weighted by atomic mass is 16.6. The number of aryl methyl sites for hydroxylation is 1. The average Bonchev–Trinajstić information content (AvgIpc) is 2.73. The summed E-state index contributed by atoms with van der Waals surface area (Å²) >= 11 is 0. The summed E-state index contributed by atoms with van der Waals surface area (Å²) in [5.41, 5.74) is 1.20. The van der Waals surface area contributed by atoms with Crippen LogP contribution < -0.4 is 0 Å². The molecule has 0 aromatic carbocycles. The van der Waals surface area contributed by atoms with Crippen molar-refractivity contribution in [3.8, 4) is 0 Å². The Morgan fingerprint density at radius 1 is 1.47 bits per heavy atom. The molecule has 0 aliphatic rings. The number of carboxylic acids is 1.